The summed E-state index contributed by atoms with van der Waals surface area (Å²) in [5.74, 6) is 0.0988. The van der Waals surface area contributed by atoms with Crippen molar-refractivity contribution in [1.29, 1.82) is 0 Å². The van der Waals surface area contributed by atoms with Gasteiger partial charge in [0.15, 0.2) is 0 Å². The number of aryl methyl sites for hydroxylation is 2. The number of ether oxygens (including phenoxy) is 1. The zero-order valence-corrected chi connectivity index (χ0v) is 14.8. The van der Waals surface area contributed by atoms with Crippen molar-refractivity contribution in [2.24, 2.45) is 13.0 Å². The van der Waals surface area contributed by atoms with E-state index in [9.17, 15) is 8.42 Å². The summed E-state index contributed by atoms with van der Waals surface area (Å²) in [6.07, 6.45) is 5.47. The lowest BCUT2D eigenvalue weighted by Gasteiger charge is -2.31. The highest BCUT2D eigenvalue weighted by Crippen LogP contribution is 2.33. The summed E-state index contributed by atoms with van der Waals surface area (Å²) >= 11 is 0. The van der Waals surface area contributed by atoms with Gasteiger partial charge in [0.25, 0.3) is 0 Å². The number of benzene rings is 1. The number of nitrogens with zero attached hydrogens (tertiary/aromatic N) is 2. The van der Waals surface area contributed by atoms with Crippen LogP contribution >= 0.6 is 0 Å². The lowest BCUT2D eigenvalue weighted by atomic mass is 9.91. The van der Waals surface area contributed by atoms with E-state index in [0.717, 1.165) is 24.0 Å². The van der Waals surface area contributed by atoms with Crippen LogP contribution in [0.25, 0.3) is 0 Å². The van der Waals surface area contributed by atoms with Gasteiger partial charge in [-0.05, 0) is 31.4 Å². The average molecular weight is 349 g/mol. The van der Waals surface area contributed by atoms with E-state index in [1.807, 2.05) is 19.3 Å². The quantitative estimate of drug-likeness (QED) is 0.898. The summed E-state index contributed by atoms with van der Waals surface area (Å²) in [7, 11) is -1.65. The van der Waals surface area contributed by atoms with E-state index < -0.39 is 10.0 Å². The second-order valence-corrected chi connectivity index (χ2v) is 7.99. The van der Waals surface area contributed by atoms with Gasteiger partial charge in [-0.2, -0.15) is 5.10 Å². The predicted octanol–water partition coefficient (Wildman–Crippen LogP) is 2.17. The second kappa shape index (κ2) is 7.04. The van der Waals surface area contributed by atoms with E-state index in [0.29, 0.717) is 18.0 Å². The van der Waals surface area contributed by atoms with Crippen molar-refractivity contribution in [3.05, 3.63) is 47.8 Å². The van der Waals surface area contributed by atoms with Crippen molar-refractivity contribution in [3.63, 3.8) is 0 Å². The van der Waals surface area contributed by atoms with Crippen molar-refractivity contribution in [2.75, 3.05) is 13.2 Å². The maximum atomic E-state index is 12.6. The first-order chi connectivity index (χ1) is 11.5. The van der Waals surface area contributed by atoms with Crippen LogP contribution in [0.1, 0.15) is 30.1 Å². The van der Waals surface area contributed by atoms with E-state index in [1.54, 1.807) is 36.0 Å². The molecule has 1 fully saturated rings. The zero-order chi connectivity index (χ0) is 17.2. The van der Waals surface area contributed by atoms with E-state index >= 15 is 0 Å². The first kappa shape index (κ1) is 17.1. The van der Waals surface area contributed by atoms with Crippen LogP contribution in [0.5, 0.6) is 0 Å². The number of hydrogen-bond acceptors (Lipinski definition) is 4. The van der Waals surface area contributed by atoms with Gasteiger partial charge in [0.05, 0.1) is 17.2 Å². The van der Waals surface area contributed by atoms with Crippen LogP contribution in [0.2, 0.25) is 0 Å². The minimum atomic E-state index is -3.52. The molecule has 1 aliphatic rings. The molecular weight excluding hydrogens is 326 g/mol. The minimum Gasteiger partial charge on any atom is -0.373 e. The van der Waals surface area contributed by atoms with Gasteiger partial charge in [0, 0.05) is 37.9 Å². The van der Waals surface area contributed by atoms with Gasteiger partial charge in [0.2, 0.25) is 10.0 Å². The molecule has 0 spiro atoms. The maximum Gasteiger partial charge on any atom is 0.240 e. The van der Waals surface area contributed by atoms with E-state index in [4.69, 9.17) is 4.74 Å². The monoisotopic (exact) mass is 349 g/mol. The molecule has 2 atom stereocenters. The molecule has 0 amide bonds. The first-order valence-electron chi connectivity index (χ1n) is 8.13. The van der Waals surface area contributed by atoms with Gasteiger partial charge in [-0.25, -0.2) is 13.1 Å². The molecule has 1 N–H and O–H groups in total. The molecule has 3 rings (SSSR count). The van der Waals surface area contributed by atoms with Crippen molar-refractivity contribution in [1.82, 2.24) is 14.5 Å². The summed E-state index contributed by atoms with van der Waals surface area (Å²) in [4.78, 5) is 0.333. The van der Waals surface area contributed by atoms with Crippen molar-refractivity contribution >= 4 is 10.0 Å². The molecule has 1 aromatic carbocycles. The van der Waals surface area contributed by atoms with Crippen LogP contribution in [0.4, 0.5) is 0 Å². The molecule has 7 heteroatoms. The van der Waals surface area contributed by atoms with Gasteiger partial charge >= 0.3 is 0 Å². The van der Waals surface area contributed by atoms with Crippen LogP contribution < -0.4 is 4.72 Å². The normalized spacial score (nSPS) is 21.8. The van der Waals surface area contributed by atoms with Crippen LogP contribution in [0, 0.1) is 12.8 Å². The standard InChI is InChI=1S/C17H23N3O3S/c1-13-6-3-4-8-16(13)24(21,22)19-11-14-7-5-9-23-17(14)15-10-18-20(2)12-15/h3-4,6,8,10,12,14,17,19H,5,7,9,11H2,1-2H3/t14-,17+/m0/s1. The van der Waals surface area contributed by atoms with Crippen molar-refractivity contribution < 1.29 is 13.2 Å². The summed E-state index contributed by atoms with van der Waals surface area (Å²) in [6, 6.07) is 7.01. The fourth-order valence-electron chi connectivity index (χ4n) is 3.16. The summed E-state index contributed by atoms with van der Waals surface area (Å²) < 4.78 is 35.5. The summed E-state index contributed by atoms with van der Waals surface area (Å²) in [5.41, 5.74) is 1.74. The second-order valence-electron chi connectivity index (χ2n) is 6.26. The molecule has 2 aromatic rings. The fraction of sp³-hybridized carbons (Fsp3) is 0.471. The lowest BCUT2D eigenvalue weighted by molar-refractivity contribution is -0.0262. The van der Waals surface area contributed by atoms with Crippen LogP contribution in [0.3, 0.4) is 0 Å². The Kier molecular flexibility index (Phi) is 5.03. The van der Waals surface area contributed by atoms with Crippen molar-refractivity contribution in [3.8, 4) is 0 Å². The fourth-order valence-corrected chi connectivity index (χ4v) is 4.50. The number of hydrogen-bond donors (Lipinski definition) is 1. The van der Waals surface area contributed by atoms with Gasteiger partial charge < -0.3 is 4.74 Å². The van der Waals surface area contributed by atoms with Crippen molar-refractivity contribution in [2.45, 2.75) is 30.8 Å². The Morgan fingerprint density at radius 2 is 2.17 bits per heavy atom. The number of nitrogens with one attached hydrogen (secondary N) is 1. The molecule has 0 bridgehead atoms. The Labute approximate surface area is 142 Å². The van der Waals surface area contributed by atoms with Gasteiger partial charge in [-0.1, -0.05) is 18.2 Å². The Hall–Kier alpha value is -1.70. The molecule has 1 aromatic heterocycles. The molecule has 0 aliphatic carbocycles. The molecule has 0 radical (unpaired) electrons. The average Bonchev–Trinajstić information content (AvgIpc) is 3.00. The Morgan fingerprint density at radius 1 is 1.38 bits per heavy atom. The number of sulfonamides is 1. The molecule has 130 valence electrons. The number of aromatic nitrogens is 2. The molecule has 1 saturated heterocycles. The molecule has 0 unspecified atom stereocenters. The highest BCUT2D eigenvalue weighted by atomic mass is 32.2. The molecule has 0 saturated carbocycles. The number of rotatable bonds is 5. The van der Waals surface area contributed by atoms with E-state index in [-0.39, 0.29) is 12.0 Å². The lowest BCUT2D eigenvalue weighted by Crippen LogP contribution is -2.35. The predicted molar refractivity (Wildman–Crippen MR) is 91.0 cm³/mol. The maximum absolute atomic E-state index is 12.6. The summed E-state index contributed by atoms with van der Waals surface area (Å²) in [6.45, 7) is 2.85. The largest absolute Gasteiger partial charge is 0.373 e. The molecule has 6 nitrogen and oxygen atoms in total. The third kappa shape index (κ3) is 3.68. The Balaban J connectivity index is 1.73. The highest BCUT2D eigenvalue weighted by Gasteiger charge is 2.30. The third-order valence-corrected chi connectivity index (χ3v) is 6.00. The molecule has 24 heavy (non-hydrogen) atoms. The highest BCUT2D eigenvalue weighted by molar-refractivity contribution is 7.89. The van der Waals surface area contributed by atoms with Gasteiger partial charge in [-0.15, -0.1) is 0 Å². The van der Waals surface area contributed by atoms with Gasteiger partial charge in [-0.3, -0.25) is 4.68 Å². The summed E-state index contributed by atoms with van der Waals surface area (Å²) in [5, 5.41) is 4.19. The van der Waals surface area contributed by atoms with Crippen LogP contribution in [0.15, 0.2) is 41.6 Å². The molecule has 2 heterocycles. The van der Waals surface area contributed by atoms with E-state index in [1.165, 1.54) is 0 Å². The molecule has 1 aliphatic heterocycles. The zero-order valence-electron chi connectivity index (χ0n) is 14.0. The smallest absolute Gasteiger partial charge is 0.240 e. The Morgan fingerprint density at radius 3 is 2.88 bits per heavy atom. The molecular formula is C17H23N3O3S. The SMILES string of the molecule is Cc1ccccc1S(=O)(=O)NC[C@@H]1CCCO[C@H]1c1cnn(C)c1. The third-order valence-electron chi connectivity index (χ3n) is 4.42. The first-order valence-corrected chi connectivity index (χ1v) is 9.61. The topological polar surface area (TPSA) is 73.2 Å². The van der Waals surface area contributed by atoms with Crippen LogP contribution in [-0.2, 0) is 21.8 Å². The van der Waals surface area contributed by atoms with Gasteiger partial charge in [0.1, 0.15) is 0 Å². The minimum absolute atomic E-state index is 0.0988. The van der Waals surface area contributed by atoms with Crippen LogP contribution in [-0.4, -0.2) is 31.3 Å². The Bertz CT molecular complexity index is 801. The van der Waals surface area contributed by atoms with E-state index in [2.05, 4.69) is 9.82 Å².